The Kier molecular flexibility index (Phi) is 14.2. The van der Waals surface area contributed by atoms with Crippen LogP contribution in [0.2, 0.25) is 0 Å². The van der Waals surface area contributed by atoms with Crippen molar-refractivity contribution < 1.29 is 74.2 Å². The van der Waals surface area contributed by atoms with Crippen LogP contribution in [0.25, 0.3) is 0 Å². The minimum Gasteiger partial charge on any atom is -0.872 e. The summed E-state index contributed by atoms with van der Waals surface area (Å²) >= 11 is 0. The first-order valence-corrected chi connectivity index (χ1v) is 12.4. The number of benzene rings is 2. The molecule has 166 valence electrons. The van der Waals surface area contributed by atoms with Gasteiger partial charge in [-0.1, -0.05) is 89.0 Å². The van der Waals surface area contributed by atoms with Gasteiger partial charge in [-0.2, -0.15) is 8.42 Å². The van der Waals surface area contributed by atoms with E-state index in [1.54, 1.807) is 6.07 Å². The molecule has 0 aliphatic rings. The summed E-state index contributed by atoms with van der Waals surface area (Å²) in [5.41, 5.74) is 0.732. The first-order valence-electron chi connectivity index (χ1n) is 11.0. The minimum absolute atomic E-state index is 0. The number of hydrogen-bond donors (Lipinski definition) is 1. The normalized spacial score (nSPS) is 11.2. The average molecular weight is 473 g/mol. The molecule has 2 aromatic carbocycles. The van der Waals surface area contributed by atoms with Crippen LogP contribution in [0, 0.1) is 0 Å². The zero-order chi connectivity index (χ0) is 21.8. The molecule has 0 spiro atoms. The molecular formula is C24H33KO5S. The van der Waals surface area contributed by atoms with Crippen LogP contribution in [0.3, 0.4) is 0 Å². The molecule has 0 radical (unpaired) electrons. The fraction of sp³-hybridized carbons (Fsp3) is 0.500. The molecule has 0 atom stereocenters. The topological polar surface area (TPSA) is 86.7 Å². The van der Waals surface area contributed by atoms with Crippen LogP contribution in [0.1, 0.15) is 76.7 Å². The van der Waals surface area contributed by atoms with E-state index in [0.29, 0.717) is 12.2 Å². The van der Waals surface area contributed by atoms with Gasteiger partial charge in [0.2, 0.25) is 0 Å². The molecule has 0 amide bonds. The summed E-state index contributed by atoms with van der Waals surface area (Å²) in [7, 11) is -4.42. The van der Waals surface area contributed by atoms with Gasteiger partial charge in [-0.15, -0.1) is 5.75 Å². The first kappa shape index (κ1) is 28.6. The summed E-state index contributed by atoms with van der Waals surface area (Å²) in [5, 5.41) is 11.3. The van der Waals surface area contributed by atoms with Gasteiger partial charge in [-0.25, -0.2) is 0 Å². The molecule has 5 nitrogen and oxygen atoms in total. The summed E-state index contributed by atoms with van der Waals surface area (Å²) in [4.78, 5) is -0.252. The summed E-state index contributed by atoms with van der Waals surface area (Å²) in [6, 6.07) is 10.5. The molecule has 7 heteroatoms. The first-order chi connectivity index (χ1) is 14.4. The van der Waals surface area contributed by atoms with Gasteiger partial charge >= 0.3 is 51.4 Å². The molecule has 0 heterocycles. The van der Waals surface area contributed by atoms with Crippen LogP contribution in [0.4, 0.5) is 0 Å². The molecule has 2 rings (SSSR count). The monoisotopic (exact) mass is 472 g/mol. The van der Waals surface area contributed by atoms with Gasteiger partial charge in [-0.05, 0) is 36.6 Å². The van der Waals surface area contributed by atoms with E-state index in [1.165, 1.54) is 75.3 Å². The third-order valence-electron chi connectivity index (χ3n) is 5.18. The number of rotatable bonds is 14. The van der Waals surface area contributed by atoms with Crippen molar-refractivity contribution in [3.8, 4) is 17.2 Å². The molecule has 0 unspecified atom stereocenters. The predicted molar refractivity (Wildman–Crippen MR) is 118 cm³/mol. The number of aryl methyl sites for hydroxylation is 1. The van der Waals surface area contributed by atoms with Crippen LogP contribution < -0.4 is 61.2 Å². The Morgan fingerprint density at radius 3 is 1.94 bits per heavy atom. The van der Waals surface area contributed by atoms with E-state index < -0.39 is 10.1 Å². The standard InChI is InChI=1S/C24H34O5S.K/c1-2-3-4-5-6-7-8-9-10-11-13-20-14-12-15-23(30(26,27)28)24(20)29-22-18-16-21(25)17-19-22;/h12,14-19,25H,2-11,13H2,1H3,(H,26,27,28);/q;+1/p-1. The second-order valence-electron chi connectivity index (χ2n) is 7.72. The Hall–Kier alpha value is -0.414. The van der Waals surface area contributed by atoms with Gasteiger partial charge in [0, 0.05) is 0 Å². The van der Waals surface area contributed by atoms with E-state index in [0.717, 1.165) is 24.8 Å². The third-order valence-corrected chi connectivity index (χ3v) is 6.06. The Bertz CT molecular complexity index is 866. The number of unbranched alkanes of at least 4 members (excludes halogenated alkanes) is 9. The van der Waals surface area contributed by atoms with Crippen molar-refractivity contribution in [2.75, 3.05) is 0 Å². The average Bonchev–Trinajstić information content (AvgIpc) is 2.71. The Labute approximate surface area is 229 Å². The summed E-state index contributed by atoms with van der Waals surface area (Å²) in [6.07, 6.45) is 12.9. The largest absolute Gasteiger partial charge is 1.00 e. The zero-order valence-corrected chi connectivity index (χ0v) is 22.7. The van der Waals surface area contributed by atoms with E-state index in [1.807, 2.05) is 6.07 Å². The molecule has 0 saturated carbocycles. The van der Waals surface area contributed by atoms with Gasteiger partial charge in [0.25, 0.3) is 10.1 Å². The van der Waals surface area contributed by atoms with E-state index >= 15 is 0 Å². The second kappa shape index (κ2) is 15.4. The molecule has 0 aliphatic heterocycles. The molecule has 0 fully saturated rings. The van der Waals surface area contributed by atoms with E-state index in [2.05, 4.69) is 6.92 Å². The van der Waals surface area contributed by atoms with Gasteiger partial charge in [0.05, 0.1) is 0 Å². The molecule has 1 N–H and O–H groups in total. The molecule has 0 saturated heterocycles. The molecule has 0 aromatic heterocycles. The van der Waals surface area contributed by atoms with Crippen molar-refractivity contribution in [2.24, 2.45) is 0 Å². The van der Waals surface area contributed by atoms with Gasteiger partial charge in [0.1, 0.15) is 10.6 Å². The Morgan fingerprint density at radius 1 is 0.839 bits per heavy atom. The van der Waals surface area contributed by atoms with E-state index in [-0.39, 0.29) is 67.8 Å². The molecule has 2 aromatic rings. The fourth-order valence-electron chi connectivity index (χ4n) is 3.51. The van der Waals surface area contributed by atoms with E-state index in [9.17, 15) is 18.1 Å². The minimum atomic E-state index is -4.42. The molecule has 0 aliphatic carbocycles. The maximum Gasteiger partial charge on any atom is 1.00 e. The van der Waals surface area contributed by atoms with Gasteiger partial charge in [0.15, 0.2) is 5.75 Å². The molecule has 31 heavy (non-hydrogen) atoms. The molecule has 0 bridgehead atoms. The van der Waals surface area contributed by atoms with Crippen molar-refractivity contribution in [2.45, 2.75) is 82.4 Å². The predicted octanol–water partition coefficient (Wildman–Crippen LogP) is 3.27. The molecular weight excluding hydrogens is 439 g/mol. The third kappa shape index (κ3) is 10.8. The summed E-state index contributed by atoms with van der Waals surface area (Å²) in [5.74, 6) is 0.334. The van der Waals surface area contributed by atoms with Gasteiger partial charge in [-0.3, -0.25) is 4.55 Å². The van der Waals surface area contributed by atoms with Crippen LogP contribution in [-0.2, 0) is 16.5 Å². The van der Waals surface area contributed by atoms with Crippen molar-refractivity contribution in [1.82, 2.24) is 0 Å². The van der Waals surface area contributed by atoms with Crippen LogP contribution >= 0.6 is 0 Å². The summed E-state index contributed by atoms with van der Waals surface area (Å²) < 4.78 is 39.0. The van der Waals surface area contributed by atoms with Crippen LogP contribution in [0.15, 0.2) is 47.4 Å². The second-order valence-corrected chi connectivity index (χ2v) is 9.11. The van der Waals surface area contributed by atoms with Crippen LogP contribution in [-0.4, -0.2) is 13.0 Å². The smallest absolute Gasteiger partial charge is 0.872 e. The number of para-hydroxylation sites is 1. The SMILES string of the molecule is CCCCCCCCCCCCc1cccc(S(=O)(=O)O)c1Oc1ccc([O-])cc1.[K+]. The summed E-state index contributed by atoms with van der Waals surface area (Å²) in [6.45, 7) is 2.23. The van der Waals surface area contributed by atoms with Crippen LogP contribution in [0.5, 0.6) is 17.2 Å². The number of ether oxygens (including phenoxy) is 1. The number of hydrogen-bond acceptors (Lipinski definition) is 4. The zero-order valence-electron chi connectivity index (χ0n) is 18.8. The van der Waals surface area contributed by atoms with E-state index in [4.69, 9.17) is 4.74 Å². The maximum atomic E-state index is 11.8. The van der Waals surface area contributed by atoms with Crippen molar-refractivity contribution >= 4 is 10.1 Å². The van der Waals surface area contributed by atoms with Crippen molar-refractivity contribution in [3.05, 3.63) is 48.0 Å². The van der Waals surface area contributed by atoms with Gasteiger partial charge < -0.3 is 9.84 Å². The van der Waals surface area contributed by atoms with Crippen molar-refractivity contribution in [3.63, 3.8) is 0 Å². The Morgan fingerprint density at radius 2 is 1.39 bits per heavy atom. The fourth-order valence-corrected chi connectivity index (χ4v) is 4.16. The van der Waals surface area contributed by atoms with Crippen molar-refractivity contribution in [1.29, 1.82) is 0 Å². The Balaban J connectivity index is 0.00000480. The quantitative estimate of drug-likeness (QED) is 0.259. The maximum absolute atomic E-state index is 11.8.